The van der Waals surface area contributed by atoms with Crippen molar-refractivity contribution in [1.82, 2.24) is 5.32 Å². The smallest absolute Gasteiger partial charge is 0.249 e. The first-order chi connectivity index (χ1) is 10.8. The first-order valence-corrected chi connectivity index (χ1v) is 7.76. The first kappa shape index (κ1) is 20.3. The van der Waals surface area contributed by atoms with Gasteiger partial charge in [-0.3, -0.25) is 9.59 Å². The van der Waals surface area contributed by atoms with Gasteiger partial charge >= 0.3 is 0 Å². The number of para-hydroxylation sites is 2. The molecule has 0 aromatic heterocycles. The van der Waals surface area contributed by atoms with Crippen LogP contribution < -0.4 is 20.7 Å². The number of nitrogens with zero attached hydrogens (tertiary/aromatic N) is 1. The van der Waals surface area contributed by atoms with Gasteiger partial charge in [0.2, 0.25) is 11.8 Å². The van der Waals surface area contributed by atoms with Crippen molar-refractivity contribution in [2.75, 3.05) is 18.6 Å². The Morgan fingerprint density at radius 3 is 2.58 bits per heavy atom. The second-order valence-electron chi connectivity index (χ2n) is 6.86. The molecule has 24 heavy (non-hydrogen) atoms. The minimum absolute atomic E-state index is 0. The number of hydrogen-bond acceptors (Lipinski definition) is 4. The normalized spacial score (nSPS) is 18.8. The Bertz CT molecular complexity index is 601. The van der Waals surface area contributed by atoms with Gasteiger partial charge in [0.05, 0.1) is 18.8 Å². The average Bonchev–Trinajstić information content (AvgIpc) is 2.86. The van der Waals surface area contributed by atoms with E-state index in [1.165, 1.54) is 0 Å². The van der Waals surface area contributed by atoms with Crippen molar-refractivity contribution in [3.63, 3.8) is 0 Å². The minimum atomic E-state index is -0.657. The third-order valence-corrected chi connectivity index (χ3v) is 4.11. The Morgan fingerprint density at radius 2 is 2.00 bits per heavy atom. The monoisotopic (exact) mass is 355 g/mol. The molecule has 1 aliphatic rings. The van der Waals surface area contributed by atoms with Gasteiger partial charge in [-0.2, -0.15) is 0 Å². The van der Waals surface area contributed by atoms with E-state index in [1.54, 1.807) is 12.0 Å². The molecule has 0 aliphatic carbocycles. The Hall–Kier alpha value is -1.79. The molecule has 6 nitrogen and oxygen atoms in total. The summed E-state index contributed by atoms with van der Waals surface area (Å²) in [7, 11) is 1.57. The van der Waals surface area contributed by atoms with Gasteiger partial charge in [0.15, 0.2) is 0 Å². The van der Waals surface area contributed by atoms with E-state index in [1.807, 2.05) is 45.0 Å². The Labute approximate surface area is 149 Å². The summed E-state index contributed by atoms with van der Waals surface area (Å²) < 4.78 is 5.30. The maximum Gasteiger partial charge on any atom is 0.249 e. The molecule has 2 rings (SSSR count). The van der Waals surface area contributed by atoms with Crippen LogP contribution in [-0.4, -0.2) is 37.6 Å². The van der Waals surface area contributed by atoms with Crippen LogP contribution in [0.1, 0.15) is 27.2 Å². The van der Waals surface area contributed by atoms with Gasteiger partial charge in [0, 0.05) is 6.54 Å². The molecule has 3 N–H and O–H groups in total. The highest BCUT2D eigenvalue weighted by molar-refractivity contribution is 6.02. The molecule has 1 heterocycles. The van der Waals surface area contributed by atoms with E-state index in [9.17, 15) is 9.59 Å². The van der Waals surface area contributed by atoms with Crippen molar-refractivity contribution in [2.24, 2.45) is 11.1 Å². The summed E-state index contributed by atoms with van der Waals surface area (Å²) >= 11 is 0. The topological polar surface area (TPSA) is 84.7 Å². The average molecular weight is 356 g/mol. The highest BCUT2D eigenvalue weighted by Crippen LogP contribution is 2.31. The number of amides is 2. The lowest BCUT2D eigenvalue weighted by Crippen LogP contribution is -2.53. The lowest BCUT2D eigenvalue weighted by atomic mass is 9.87. The highest BCUT2D eigenvalue weighted by Gasteiger charge is 2.37. The Morgan fingerprint density at radius 1 is 1.38 bits per heavy atom. The molecule has 1 saturated heterocycles. The van der Waals surface area contributed by atoms with E-state index < -0.39 is 12.1 Å². The molecule has 1 unspecified atom stereocenters. The Balaban J connectivity index is 0.00000288. The summed E-state index contributed by atoms with van der Waals surface area (Å²) in [6.07, 6.45) is 0.555. The van der Waals surface area contributed by atoms with Crippen LogP contribution in [0.5, 0.6) is 5.75 Å². The molecule has 2 atom stereocenters. The van der Waals surface area contributed by atoms with Crippen LogP contribution in [0.3, 0.4) is 0 Å². The number of rotatable bonds is 4. The van der Waals surface area contributed by atoms with Crippen molar-refractivity contribution in [1.29, 1.82) is 0 Å². The van der Waals surface area contributed by atoms with Gasteiger partial charge < -0.3 is 20.7 Å². The molecule has 134 valence electrons. The molecule has 7 heteroatoms. The van der Waals surface area contributed by atoms with Crippen LogP contribution in [0.25, 0.3) is 0 Å². The fourth-order valence-electron chi connectivity index (χ4n) is 2.56. The van der Waals surface area contributed by atoms with Gasteiger partial charge in [0.25, 0.3) is 0 Å². The lowest BCUT2D eigenvalue weighted by Gasteiger charge is -2.27. The van der Waals surface area contributed by atoms with Crippen LogP contribution in [0.2, 0.25) is 0 Å². The van der Waals surface area contributed by atoms with Crippen molar-refractivity contribution in [3.8, 4) is 5.75 Å². The largest absolute Gasteiger partial charge is 0.495 e. The molecule has 0 bridgehead atoms. The maximum absolute atomic E-state index is 12.6. The van der Waals surface area contributed by atoms with E-state index in [4.69, 9.17) is 10.5 Å². The summed E-state index contributed by atoms with van der Waals surface area (Å²) in [6.45, 7) is 6.23. The molecule has 2 amide bonds. The molecule has 0 radical (unpaired) electrons. The van der Waals surface area contributed by atoms with E-state index >= 15 is 0 Å². The van der Waals surface area contributed by atoms with Crippen molar-refractivity contribution in [3.05, 3.63) is 24.3 Å². The highest BCUT2D eigenvalue weighted by atomic mass is 35.5. The third-order valence-electron chi connectivity index (χ3n) is 4.11. The standard InChI is InChI=1S/C17H25N3O3.ClH/c1-17(2,3)14(18)15(21)19-11-9-10-20(16(11)22)12-7-5-6-8-13(12)23-4;/h5-8,11,14H,9-10,18H2,1-4H3,(H,19,21);1H/t11?,14-;/m1./s1. The van der Waals surface area contributed by atoms with Crippen LogP contribution in [0.15, 0.2) is 24.3 Å². The van der Waals surface area contributed by atoms with Crippen LogP contribution in [0, 0.1) is 5.41 Å². The van der Waals surface area contributed by atoms with Gasteiger partial charge in [0.1, 0.15) is 11.8 Å². The zero-order valence-corrected chi connectivity index (χ0v) is 15.4. The zero-order valence-electron chi connectivity index (χ0n) is 14.5. The summed E-state index contributed by atoms with van der Waals surface area (Å²) in [5, 5.41) is 2.78. The molecule has 1 fully saturated rings. The molecule has 1 aromatic carbocycles. The van der Waals surface area contributed by atoms with E-state index in [-0.39, 0.29) is 29.6 Å². The molecule has 1 aliphatic heterocycles. The van der Waals surface area contributed by atoms with Crippen molar-refractivity contribution >= 4 is 29.9 Å². The summed E-state index contributed by atoms with van der Waals surface area (Å²) in [6, 6.07) is 6.15. The number of nitrogens with one attached hydrogen (secondary N) is 1. The Kier molecular flexibility index (Phi) is 6.63. The van der Waals surface area contributed by atoms with Crippen LogP contribution in [-0.2, 0) is 9.59 Å². The number of ether oxygens (including phenoxy) is 1. The minimum Gasteiger partial charge on any atom is -0.495 e. The molecular formula is C17H26ClN3O3. The van der Waals surface area contributed by atoms with Crippen LogP contribution in [0.4, 0.5) is 5.69 Å². The number of anilines is 1. The molecular weight excluding hydrogens is 330 g/mol. The maximum atomic E-state index is 12.6. The van der Waals surface area contributed by atoms with Crippen molar-refractivity contribution in [2.45, 2.75) is 39.3 Å². The van der Waals surface area contributed by atoms with Crippen LogP contribution >= 0.6 is 12.4 Å². The predicted octanol–water partition coefficient (Wildman–Crippen LogP) is 1.71. The first-order valence-electron chi connectivity index (χ1n) is 7.76. The summed E-state index contributed by atoms with van der Waals surface area (Å²) in [4.78, 5) is 26.5. The number of halogens is 1. The number of benzene rings is 1. The fourth-order valence-corrected chi connectivity index (χ4v) is 2.56. The predicted molar refractivity (Wildman–Crippen MR) is 96.6 cm³/mol. The van der Waals surface area contributed by atoms with Crippen molar-refractivity contribution < 1.29 is 14.3 Å². The van der Waals surface area contributed by atoms with E-state index in [0.29, 0.717) is 18.7 Å². The third kappa shape index (κ3) is 4.19. The number of methoxy groups -OCH3 is 1. The number of hydrogen-bond donors (Lipinski definition) is 2. The molecule has 0 saturated carbocycles. The number of nitrogens with two attached hydrogens (primary N) is 1. The van der Waals surface area contributed by atoms with Gasteiger partial charge in [-0.25, -0.2) is 0 Å². The zero-order chi connectivity index (χ0) is 17.2. The summed E-state index contributed by atoms with van der Waals surface area (Å²) in [5.41, 5.74) is 6.32. The molecule has 0 spiro atoms. The van der Waals surface area contributed by atoms with Gasteiger partial charge in [-0.15, -0.1) is 12.4 Å². The van der Waals surface area contributed by atoms with E-state index in [2.05, 4.69) is 5.32 Å². The summed E-state index contributed by atoms with van der Waals surface area (Å²) in [5.74, 6) is 0.209. The lowest BCUT2D eigenvalue weighted by molar-refractivity contribution is -0.128. The SMILES string of the molecule is COc1ccccc1N1CCC(NC(=O)[C@@H](N)C(C)(C)C)C1=O.Cl. The van der Waals surface area contributed by atoms with E-state index in [0.717, 1.165) is 5.69 Å². The number of carbonyl (C=O) groups is 2. The fraction of sp³-hybridized carbons (Fsp3) is 0.529. The second kappa shape index (κ2) is 7.85. The quantitative estimate of drug-likeness (QED) is 0.861. The second-order valence-corrected chi connectivity index (χ2v) is 6.86. The van der Waals surface area contributed by atoms with Gasteiger partial charge in [-0.05, 0) is 24.0 Å². The van der Waals surface area contributed by atoms with Gasteiger partial charge in [-0.1, -0.05) is 32.9 Å². The molecule has 1 aromatic rings. The number of carbonyl (C=O) groups excluding carboxylic acids is 2.